The number of nitrogens with zero attached hydrogens (tertiary/aromatic N) is 2. The van der Waals surface area contributed by atoms with Crippen molar-refractivity contribution >= 4 is 11.7 Å². The number of carbonyl (C=O) groups excluding carboxylic acids is 2. The van der Waals surface area contributed by atoms with Crippen LogP contribution in [0.3, 0.4) is 0 Å². The molecule has 0 aliphatic heterocycles. The van der Waals surface area contributed by atoms with Gasteiger partial charge in [-0.1, -0.05) is 13.3 Å². The number of hydrogen-bond acceptors (Lipinski definition) is 4. The molecule has 0 fully saturated rings. The lowest BCUT2D eigenvalue weighted by Crippen LogP contribution is -2.41. The van der Waals surface area contributed by atoms with Crippen LogP contribution in [0.4, 0.5) is 0 Å². The Kier molecular flexibility index (Phi) is 6.15. The fourth-order valence-electron chi connectivity index (χ4n) is 0.961. The summed E-state index contributed by atoms with van der Waals surface area (Å²) in [5.41, 5.74) is -1.82. The average molecular weight is 255 g/mol. The highest BCUT2D eigenvalue weighted by Crippen LogP contribution is 2.16. The van der Waals surface area contributed by atoms with Crippen LogP contribution < -0.4 is 5.32 Å². The molecular weight excluding hydrogens is 230 g/mol. The number of rotatable bonds is 7. The number of nitrogens with one attached hydrogen (secondary N) is 1. The summed E-state index contributed by atoms with van der Waals surface area (Å²) in [6.45, 7) is 10.9. The Morgan fingerprint density at radius 3 is 2.00 bits per heavy atom. The number of amides is 1. The van der Waals surface area contributed by atoms with Crippen molar-refractivity contribution in [1.82, 2.24) is 5.32 Å². The van der Waals surface area contributed by atoms with Crippen molar-refractivity contribution in [2.45, 2.75) is 65.5 Å². The third kappa shape index (κ3) is 5.38. The van der Waals surface area contributed by atoms with Crippen molar-refractivity contribution in [3.63, 3.8) is 0 Å². The van der Waals surface area contributed by atoms with Crippen LogP contribution in [-0.4, -0.2) is 29.3 Å². The molecule has 18 heavy (non-hydrogen) atoms. The van der Waals surface area contributed by atoms with Crippen LogP contribution in [0.15, 0.2) is 10.2 Å². The highest BCUT2D eigenvalue weighted by atomic mass is 16.2. The predicted octanol–water partition coefficient (Wildman–Crippen LogP) is 2.50. The van der Waals surface area contributed by atoms with Crippen molar-refractivity contribution in [3.8, 4) is 0 Å². The number of Topliss-reactive ketones (excluding diaryl/α,β-unsaturated/α-hetero) is 1. The van der Waals surface area contributed by atoms with Gasteiger partial charge in [0.1, 0.15) is 5.54 Å². The summed E-state index contributed by atoms with van der Waals surface area (Å²) in [4.78, 5) is 23.2. The first-order valence-corrected chi connectivity index (χ1v) is 6.37. The van der Waals surface area contributed by atoms with Gasteiger partial charge in [0.05, 0.1) is 0 Å². The molecule has 0 spiro atoms. The van der Waals surface area contributed by atoms with E-state index in [0.29, 0.717) is 6.54 Å². The van der Waals surface area contributed by atoms with Gasteiger partial charge < -0.3 is 5.32 Å². The molecule has 5 nitrogen and oxygen atoms in total. The van der Waals surface area contributed by atoms with Gasteiger partial charge in [0.2, 0.25) is 5.91 Å². The topological polar surface area (TPSA) is 70.9 Å². The molecule has 0 aromatic rings. The Balaban J connectivity index is 4.59. The first-order chi connectivity index (χ1) is 8.13. The first-order valence-electron chi connectivity index (χ1n) is 6.37. The van der Waals surface area contributed by atoms with Gasteiger partial charge in [-0.25, -0.2) is 0 Å². The van der Waals surface area contributed by atoms with E-state index < -0.39 is 11.1 Å². The Morgan fingerprint density at radius 2 is 1.56 bits per heavy atom. The zero-order valence-electron chi connectivity index (χ0n) is 12.3. The van der Waals surface area contributed by atoms with Crippen LogP contribution in [0.25, 0.3) is 0 Å². The second-order valence-electron chi connectivity index (χ2n) is 5.48. The molecule has 1 N–H and O–H groups in total. The van der Waals surface area contributed by atoms with Crippen molar-refractivity contribution in [2.75, 3.05) is 6.54 Å². The zero-order chi connectivity index (χ0) is 14.4. The maximum Gasteiger partial charge on any atom is 0.249 e. The van der Waals surface area contributed by atoms with Crippen molar-refractivity contribution in [2.24, 2.45) is 10.2 Å². The molecule has 0 heterocycles. The Bertz CT molecular complexity index is 333. The standard InChI is InChI=1S/C13H25N3O2/c1-7-8-9-14-11(18)13(5,6)16-15-12(3,4)10(2)17/h7-9H2,1-6H3,(H,14,18). The molecule has 0 saturated heterocycles. The number of ketones is 1. The number of hydrogen-bond donors (Lipinski definition) is 1. The maximum atomic E-state index is 11.9. The molecule has 0 aromatic heterocycles. The minimum Gasteiger partial charge on any atom is -0.354 e. The van der Waals surface area contributed by atoms with Gasteiger partial charge in [-0.05, 0) is 41.0 Å². The van der Waals surface area contributed by atoms with Crippen molar-refractivity contribution in [1.29, 1.82) is 0 Å². The minimum atomic E-state index is -0.944. The molecule has 0 bridgehead atoms. The Hall–Kier alpha value is -1.26. The van der Waals surface area contributed by atoms with Gasteiger partial charge in [-0.2, -0.15) is 10.2 Å². The highest BCUT2D eigenvalue weighted by Gasteiger charge is 2.30. The van der Waals surface area contributed by atoms with E-state index in [1.165, 1.54) is 6.92 Å². The van der Waals surface area contributed by atoms with E-state index in [2.05, 4.69) is 22.5 Å². The molecule has 0 radical (unpaired) electrons. The molecule has 0 unspecified atom stereocenters. The molecule has 104 valence electrons. The molecule has 0 atom stereocenters. The Morgan fingerprint density at radius 1 is 1.06 bits per heavy atom. The average Bonchev–Trinajstić information content (AvgIpc) is 2.26. The molecule has 0 rings (SSSR count). The fourth-order valence-corrected chi connectivity index (χ4v) is 0.961. The van der Waals surface area contributed by atoms with Crippen molar-refractivity contribution < 1.29 is 9.59 Å². The molecule has 0 aliphatic carbocycles. The van der Waals surface area contributed by atoms with E-state index >= 15 is 0 Å². The third-order valence-corrected chi connectivity index (χ3v) is 2.78. The van der Waals surface area contributed by atoms with Gasteiger partial charge in [0, 0.05) is 6.54 Å². The second kappa shape index (κ2) is 6.61. The van der Waals surface area contributed by atoms with E-state index in [1.54, 1.807) is 27.7 Å². The quantitative estimate of drug-likeness (QED) is 0.561. The lowest BCUT2D eigenvalue weighted by Gasteiger charge is -2.20. The van der Waals surface area contributed by atoms with Crippen LogP contribution in [0.2, 0.25) is 0 Å². The number of unbranched alkanes of at least 4 members (excludes halogenated alkanes) is 1. The van der Waals surface area contributed by atoms with Crippen LogP contribution in [0.1, 0.15) is 54.4 Å². The largest absolute Gasteiger partial charge is 0.354 e. The smallest absolute Gasteiger partial charge is 0.249 e. The van der Waals surface area contributed by atoms with E-state index in [9.17, 15) is 9.59 Å². The molecule has 1 amide bonds. The van der Waals surface area contributed by atoms with Crippen LogP contribution in [0.5, 0.6) is 0 Å². The van der Waals surface area contributed by atoms with Gasteiger partial charge in [-0.15, -0.1) is 0 Å². The van der Waals surface area contributed by atoms with Gasteiger partial charge in [0.25, 0.3) is 0 Å². The summed E-state index contributed by atoms with van der Waals surface area (Å²) >= 11 is 0. The molecule has 0 aromatic carbocycles. The van der Waals surface area contributed by atoms with E-state index in [4.69, 9.17) is 0 Å². The highest BCUT2D eigenvalue weighted by molar-refractivity contribution is 5.86. The van der Waals surface area contributed by atoms with Crippen LogP contribution >= 0.6 is 0 Å². The SMILES string of the molecule is CCCCNC(=O)C(C)(C)N=NC(C)(C)C(C)=O. The number of carbonyl (C=O) groups is 2. The van der Waals surface area contributed by atoms with Crippen LogP contribution in [-0.2, 0) is 9.59 Å². The maximum absolute atomic E-state index is 11.9. The van der Waals surface area contributed by atoms with E-state index in [-0.39, 0.29) is 11.7 Å². The number of azo groups is 1. The third-order valence-electron chi connectivity index (χ3n) is 2.78. The normalized spacial score (nSPS) is 12.8. The lowest BCUT2D eigenvalue weighted by atomic mass is 10.0. The summed E-state index contributed by atoms with van der Waals surface area (Å²) in [6, 6.07) is 0. The van der Waals surface area contributed by atoms with Crippen LogP contribution in [0, 0.1) is 0 Å². The molecular formula is C13H25N3O2. The zero-order valence-corrected chi connectivity index (χ0v) is 12.3. The lowest BCUT2D eigenvalue weighted by molar-refractivity contribution is -0.126. The monoisotopic (exact) mass is 255 g/mol. The molecule has 5 heteroatoms. The molecule has 0 saturated carbocycles. The second-order valence-corrected chi connectivity index (χ2v) is 5.48. The summed E-state index contributed by atoms with van der Waals surface area (Å²) in [5, 5.41) is 10.8. The van der Waals surface area contributed by atoms with Gasteiger partial charge in [-0.3, -0.25) is 9.59 Å². The fraction of sp³-hybridized carbons (Fsp3) is 0.846. The van der Waals surface area contributed by atoms with E-state index in [0.717, 1.165) is 12.8 Å². The summed E-state index contributed by atoms with van der Waals surface area (Å²) in [6.07, 6.45) is 1.97. The summed E-state index contributed by atoms with van der Waals surface area (Å²) < 4.78 is 0. The predicted molar refractivity (Wildman–Crippen MR) is 71.6 cm³/mol. The van der Waals surface area contributed by atoms with E-state index in [1.807, 2.05) is 0 Å². The Labute approximate surface area is 109 Å². The summed E-state index contributed by atoms with van der Waals surface area (Å²) in [7, 11) is 0. The van der Waals surface area contributed by atoms with Gasteiger partial charge >= 0.3 is 0 Å². The first kappa shape index (κ1) is 16.7. The van der Waals surface area contributed by atoms with Gasteiger partial charge in [0.15, 0.2) is 11.3 Å². The minimum absolute atomic E-state index is 0.0755. The molecule has 0 aliphatic rings. The van der Waals surface area contributed by atoms with Crippen molar-refractivity contribution in [3.05, 3.63) is 0 Å². The summed E-state index contributed by atoms with van der Waals surface area (Å²) in [5.74, 6) is -0.243.